The van der Waals surface area contributed by atoms with Gasteiger partial charge in [0, 0.05) is 41.9 Å². The fourth-order valence-electron chi connectivity index (χ4n) is 3.63. The SMILES string of the molecule is COCCCn1c(O)c(C2=Nc3ccccc3SC(c3ccc(Cl)cc3)C2)c(=O)[nH]c1=O. The zero-order chi connectivity index (χ0) is 22.7. The van der Waals surface area contributed by atoms with Gasteiger partial charge in [0.05, 0.1) is 11.4 Å². The molecule has 2 heterocycles. The predicted octanol–water partition coefficient (Wildman–Crippen LogP) is 4.29. The molecule has 0 radical (unpaired) electrons. The second-order valence-corrected chi connectivity index (χ2v) is 9.03. The van der Waals surface area contributed by atoms with E-state index in [-0.39, 0.29) is 23.2 Å². The number of thioether (sulfide) groups is 1. The average molecular weight is 472 g/mol. The third kappa shape index (κ3) is 4.67. The van der Waals surface area contributed by atoms with Crippen LogP contribution >= 0.6 is 23.4 Å². The summed E-state index contributed by atoms with van der Waals surface area (Å²) in [6.07, 6.45) is 0.891. The number of nitrogens with one attached hydrogen (secondary N) is 1. The van der Waals surface area contributed by atoms with Crippen molar-refractivity contribution in [3.05, 3.63) is 85.5 Å². The molecule has 0 saturated carbocycles. The Labute approximate surface area is 193 Å². The lowest BCUT2D eigenvalue weighted by Gasteiger charge is -2.17. The van der Waals surface area contributed by atoms with E-state index >= 15 is 0 Å². The standard InChI is InChI=1S/C23H22ClN3O4S/c1-31-12-4-11-27-22(29)20(21(28)26-23(27)30)17-13-19(14-7-9-15(24)10-8-14)32-18-6-3-2-5-16(18)25-17/h2-3,5-10,19,29H,4,11-13H2,1H3,(H,26,28,30). The molecule has 1 aliphatic rings. The number of hydrogen-bond donors (Lipinski definition) is 2. The van der Waals surface area contributed by atoms with Gasteiger partial charge >= 0.3 is 5.69 Å². The smallest absolute Gasteiger partial charge is 0.331 e. The minimum absolute atomic E-state index is 0.0123. The number of aromatic nitrogens is 2. The molecule has 32 heavy (non-hydrogen) atoms. The van der Waals surface area contributed by atoms with Crippen molar-refractivity contribution in [1.82, 2.24) is 9.55 Å². The largest absolute Gasteiger partial charge is 0.494 e. The number of ether oxygens (including phenoxy) is 1. The summed E-state index contributed by atoms with van der Waals surface area (Å²) in [6, 6.07) is 15.2. The van der Waals surface area contributed by atoms with E-state index in [1.54, 1.807) is 18.9 Å². The van der Waals surface area contributed by atoms with Crippen molar-refractivity contribution in [1.29, 1.82) is 0 Å². The minimum Gasteiger partial charge on any atom is -0.494 e. The van der Waals surface area contributed by atoms with Gasteiger partial charge in [-0.05, 0) is 36.2 Å². The van der Waals surface area contributed by atoms with E-state index in [0.717, 1.165) is 15.0 Å². The Morgan fingerprint density at radius 1 is 1.22 bits per heavy atom. The zero-order valence-electron chi connectivity index (χ0n) is 17.4. The second kappa shape index (κ2) is 9.77. The quantitative estimate of drug-likeness (QED) is 0.523. The van der Waals surface area contributed by atoms with Crippen LogP contribution in [-0.2, 0) is 11.3 Å². The lowest BCUT2D eigenvalue weighted by atomic mass is 10.0. The van der Waals surface area contributed by atoms with Crippen molar-refractivity contribution in [2.24, 2.45) is 4.99 Å². The number of rotatable bonds is 6. The molecule has 1 aliphatic heterocycles. The number of para-hydroxylation sites is 1. The number of halogens is 1. The highest BCUT2D eigenvalue weighted by Gasteiger charge is 2.27. The molecule has 166 valence electrons. The summed E-state index contributed by atoms with van der Waals surface area (Å²) in [4.78, 5) is 33.2. The Morgan fingerprint density at radius 2 is 1.97 bits per heavy atom. The summed E-state index contributed by atoms with van der Waals surface area (Å²) in [5, 5.41) is 11.5. The van der Waals surface area contributed by atoms with Crippen LogP contribution in [-0.4, -0.2) is 34.1 Å². The maximum Gasteiger partial charge on any atom is 0.331 e. The fourth-order valence-corrected chi connectivity index (χ4v) is 4.98. The predicted molar refractivity (Wildman–Crippen MR) is 127 cm³/mol. The number of benzene rings is 2. The molecule has 1 aromatic heterocycles. The first-order valence-corrected chi connectivity index (χ1v) is 11.4. The Kier molecular flexibility index (Phi) is 6.83. The maximum atomic E-state index is 12.8. The van der Waals surface area contributed by atoms with E-state index in [1.807, 2.05) is 48.5 Å². The van der Waals surface area contributed by atoms with E-state index in [1.165, 1.54) is 0 Å². The lowest BCUT2D eigenvalue weighted by Crippen LogP contribution is -2.34. The topological polar surface area (TPSA) is 96.7 Å². The second-order valence-electron chi connectivity index (χ2n) is 7.34. The van der Waals surface area contributed by atoms with Gasteiger partial charge in [-0.25, -0.2) is 4.79 Å². The average Bonchev–Trinajstić information content (AvgIpc) is 2.96. The molecule has 2 aromatic carbocycles. The highest BCUT2D eigenvalue weighted by Crippen LogP contribution is 2.45. The molecule has 0 spiro atoms. The van der Waals surface area contributed by atoms with Gasteiger partial charge in [-0.2, -0.15) is 0 Å². The van der Waals surface area contributed by atoms with E-state index in [2.05, 4.69) is 4.98 Å². The molecular weight excluding hydrogens is 450 g/mol. The Hall–Kier alpha value is -2.81. The van der Waals surface area contributed by atoms with Gasteiger partial charge in [0.2, 0.25) is 5.88 Å². The minimum atomic E-state index is -0.661. The van der Waals surface area contributed by atoms with E-state index in [0.29, 0.717) is 35.9 Å². The molecule has 3 aromatic rings. The van der Waals surface area contributed by atoms with Crippen molar-refractivity contribution in [3.8, 4) is 5.88 Å². The molecule has 0 bridgehead atoms. The van der Waals surface area contributed by atoms with Crippen molar-refractivity contribution in [3.63, 3.8) is 0 Å². The zero-order valence-corrected chi connectivity index (χ0v) is 18.9. The van der Waals surface area contributed by atoms with Gasteiger partial charge < -0.3 is 9.84 Å². The van der Waals surface area contributed by atoms with Gasteiger partial charge in [-0.15, -0.1) is 11.8 Å². The Balaban J connectivity index is 1.83. The number of methoxy groups -OCH3 is 1. The lowest BCUT2D eigenvalue weighted by molar-refractivity contribution is 0.188. The summed E-state index contributed by atoms with van der Waals surface area (Å²) < 4.78 is 6.19. The molecule has 4 rings (SSSR count). The first-order chi connectivity index (χ1) is 15.5. The van der Waals surface area contributed by atoms with Crippen LogP contribution in [0.1, 0.15) is 29.2 Å². The van der Waals surface area contributed by atoms with Crippen molar-refractivity contribution < 1.29 is 9.84 Å². The Bertz CT molecular complexity index is 1270. The normalized spacial score (nSPS) is 15.7. The number of H-pyrrole nitrogens is 1. The van der Waals surface area contributed by atoms with Crippen molar-refractivity contribution >= 4 is 34.8 Å². The van der Waals surface area contributed by atoms with Crippen molar-refractivity contribution in [2.45, 2.75) is 29.5 Å². The monoisotopic (exact) mass is 471 g/mol. The fraction of sp³-hybridized carbons (Fsp3) is 0.261. The molecule has 7 nitrogen and oxygen atoms in total. The number of nitrogens with zero attached hydrogens (tertiary/aromatic N) is 2. The number of hydrogen-bond acceptors (Lipinski definition) is 6. The van der Waals surface area contributed by atoms with Gasteiger partial charge in [0.1, 0.15) is 5.56 Å². The van der Waals surface area contributed by atoms with Crippen LogP contribution in [0.5, 0.6) is 5.88 Å². The number of aromatic amines is 1. The van der Waals surface area contributed by atoms with Crippen LogP contribution < -0.4 is 11.2 Å². The van der Waals surface area contributed by atoms with Crippen LogP contribution in [0.2, 0.25) is 5.02 Å². The first kappa shape index (κ1) is 22.4. The third-order valence-corrected chi connectivity index (χ3v) is 6.78. The molecule has 0 aliphatic carbocycles. The van der Waals surface area contributed by atoms with Gasteiger partial charge in [-0.1, -0.05) is 35.9 Å². The maximum absolute atomic E-state index is 12.8. The van der Waals surface area contributed by atoms with E-state index < -0.39 is 11.2 Å². The highest BCUT2D eigenvalue weighted by molar-refractivity contribution is 7.99. The van der Waals surface area contributed by atoms with Crippen LogP contribution in [0.15, 0.2) is 68.0 Å². The summed E-state index contributed by atoms with van der Waals surface area (Å²) in [7, 11) is 1.56. The molecular formula is C23H22ClN3O4S. The van der Waals surface area contributed by atoms with Crippen LogP contribution in [0.25, 0.3) is 0 Å². The number of aliphatic imine (C=N–C) groups is 1. The summed E-state index contributed by atoms with van der Waals surface area (Å²) in [5.41, 5.74) is 0.840. The summed E-state index contributed by atoms with van der Waals surface area (Å²) in [6.45, 7) is 0.630. The summed E-state index contributed by atoms with van der Waals surface area (Å²) >= 11 is 7.70. The van der Waals surface area contributed by atoms with E-state index in [9.17, 15) is 14.7 Å². The van der Waals surface area contributed by atoms with Gasteiger partial charge in [0.25, 0.3) is 5.56 Å². The molecule has 0 fully saturated rings. The molecule has 0 amide bonds. The van der Waals surface area contributed by atoms with Crippen LogP contribution in [0, 0.1) is 0 Å². The number of aromatic hydroxyl groups is 1. The third-order valence-electron chi connectivity index (χ3n) is 5.20. The molecule has 9 heteroatoms. The summed E-state index contributed by atoms with van der Waals surface area (Å²) in [5.74, 6) is -0.382. The number of fused-ring (bicyclic) bond motifs is 1. The van der Waals surface area contributed by atoms with Gasteiger partial charge in [0.15, 0.2) is 0 Å². The molecule has 1 unspecified atom stereocenters. The highest BCUT2D eigenvalue weighted by atomic mass is 35.5. The van der Waals surface area contributed by atoms with Crippen LogP contribution in [0.4, 0.5) is 5.69 Å². The van der Waals surface area contributed by atoms with Crippen LogP contribution in [0.3, 0.4) is 0 Å². The molecule has 2 N–H and O–H groups in total. The van der Waals surface area contributed by atoms with E-state index in [4.69, 9.17) is 21.3 Å². The molecule has 1 atom stereocenters. The Morgan fingerprint density at radius 3 is 2.72 bits per heavy atom. The van der Waals surface area contributed by atoms with Gasteiger partial charge in [-0.3, -0.25) is 19.3 Å². The van der Waals surface area contributed by atoms with Crippen molar-refractivity contribution in [2.75, 3.05) is 13.7 Å². The molecule has 0 saturated heterocycles. The first-order valence-electron chi connectivity index (χ1n) is 10.1.